The van der Waals surface area contributed by atoms with E-state index in [1.165, 1.54) is 0 Å². The topological polar surface area (TPSA) is 75.4 Å². The van der Waals surface area contributed by atoms with E-state index in [-0.39, 0.29) is 11.8 Å². The van der Waals surface area contributed by atoms with Gasteiger partial charge in [0.05, 0.1) is 0 Å². The second-order valence-corrected chi connectivity index (χ2v) is 6.06. The van der Waals surface area contributed by atoms with Crippen LogP contribution < -0.4 is 11.1 Å². The summed E-state index contributed by atoms with van der Waals surface area (Å²) in [5, 5.41) is 2.87. The number of carbonyl (C=O) groups is 2. The minimum Gasteiger partial charge on any atom is -0.399 e. The number of anilines is 2. The first-order valence-corrected chi connectivity index (χ1v) is 8.12. The molecule has 124 valence electrons. The van der Waals surface area contributed by atoms with Gasteiger partial charge in [0, 0.05) is 35.6 Å². The molecule has 5 heteroatoms. The summed E-state index contributed by atoms with van der Waals surface area (Å²) in [4.78, 5) is 26.9. The van der Waals surface area contributed by atoms with Gasteiger partial charge >= 0.3 is 0 Å². The SMILES string of the molecule is Cc1c(NC(=O)c2cccc(N)c2)cccc1C(=O)N1CCCC1. The van der Waals surface area contributed by atoms with E-state index in [0.717, 1.165) is 31.5 Å². The number of nitrogens with two attached hydrogens (primary N) is 1. The zero-order valence-corrected chi connectivity index (χ0v) is 13.7. The predicted molar refractivity (Wildman–Crippen MR) is 95.1 cm³/mol. The smallest absolute Gasteiger partial charge is 0.255 e. The van der Waals surface area contributed by atoms with Crippen molar-refractivity contribution in [2.24, 2.45) is 0 Å². The van der Waals surface area contributed by atoms with Crippen molar-refractivity contribution >= 4 is 23.2 Å². The molecule has 1 aliphatic heterocycles. The maximum atomic E-state index is 12.6. The van der Waals surface area contributed by atoms with Gasteiger partial charge in [-0.1, -0.05) is 12.1 Å². The Morgan fingerprint density at radius 3 is 2.50 bits per heavy atom. The highest BCUT2D eigenvalue weighted by molar-refractivity contribution is 6.06. The summed E-state index contributed by atoms with van der Waals surface area (Å²) < 4.78 is 0. The van der Waals surface area contributed by atoms with Crippen LogP contribution in [0.1, 0.15) is 39.1 Å². The number of rotatable bonds is 3. The number of benzene rings is 2. The lowest BCUT2D eigenvalue weighted by Gasteiger charge is -2.18. The van der Waals surface area contributed by atoms with Gasteiger partial charge in [-0.05, 0) is 55.7 Å². The molecule has 1 aliphatic rings. The van der Waals surface area contributed by atoms with Crippen LogP contribution >= 0.6 is 0 Å². The highest BCUT2D eigenvalue weighted by Gasteiger charge is 2.22. The molecule has 24 heavy (non-hydrogen) atoms. The standard InChI is InChI=1S/C19H21N3O2/c1-13-16(19(24)22-10-2-3-11-22)8-5-9-17(13)21-18(23)14-6-4-7-15(20)12-14/h4-9,12H,2-3,10-11,20H2,1H3,(H,21,23). The first-order chi connectivity index (χ1) is 11.6. The highest BCUT2D eigenvalue weighted by atomic mass is 16.2. The fourth-order valence-electron chi connectivity index (χ4n) is 2.97. The van der Waals surface area contributed by atoms with Gasteiger partial charge in [0.1, 0.15) is 0 Å². The Morgan fingerprint density at radius 1 is 1.08 bits per heavy atom. The Hall–Kier alpha value is -2.82. The summed E-state index contributed by atoms with van der Waals surface area (Å²) in [6.45, 7) is 3.47. The van der Waals surface area contributed by atoms with Gasteiger partial charge in [0.2, 0.25) is 0 Å². The van der Waals surface area contributed by atoms with Gasteiger partial charge in [-0.3, -0.25) is 9.59 Å². The number of amides is 2. The van der Waals surface area contributed by atoms with Crippen molar-refractivity contribution in [2.45, 2.75) is 19.8 Å². The second kappa shape index (κ2) is 6.74. The Bertz CT molecular complexity index is 780. The predicted octanol–water partition coefficient (Wildman–Crippen LogP) is 3.07. The van der Waals surface area contributed by atoms with E-state index < -0.39 is 0 Å². The number of likely N-dealkylation sites (tertiary alicyclic amines) is 1. The van der Waals surface area contributed by atoms with Crippen molar-refractivity contribution in [3.05, 3.63) is 59.2 Å². The molecule has 3 rings (SSSR count). The van der Waals surface area contributed by atoms with Crippen LogP contribution in [-0.4, -0.2) is 29.8 Å². The Kier molecular flexibility index (Phi) is 4.51. The second-order valence-electron chi connectivity index (χ2n) is 6.06. The Labute approximate surface area is 141 Å². The molecule has 0 unspecified atom stereocenters. The van der Waals surface area contributed by atoms with E-state index in [1.807, 2.05) is 17.9 Å². The average Bonchev–Trinajstić information content (AvgIpc) is 3.10. The van der Waals surface area contributed by atoms with E-state index in [2.05, 4.69) is 5.32 Å². The first-order valence-electron chi connectivity index (χ1n) is 8.12. The number of nitrogen functional groups attached to an aromatic ring is 1. The van der Waals surface area contributed by atoms with Crippen LogP contribution in [0.25, 0.3) is 0 Å². The van der Waals surface area contributed by atoms with E-state index in [9.17, 15) is 9.59 Å². The van der Waals surface area contributed by atoms with Crippen LogP contribution in [0.4, 0.5) is 11.4 Å². The summed E-state index contributed by atoms with van der Waals surface area (Å²) in [6.07, 6.45) is 2.10. The monoisotopic (exact) mass is 323 g/mol. The van der Waals surface area contributed by atoms with Crippen LogP contribution in [0.3, 0.4) is 0 Å². The van der Waals surface area contributed by atoms with Crippen LogP contribution in [0.5, 0.6) is 0 Å². The zero-order valence-electron chi connectivity index (χ0n) is 13.7. The van der Waals surface area contributed by atoms with Gasteiger partial charge < -0.3 is 16.0 Å². The Balaban J connectivity index is 1.82. The molecule has 0 aromatic heterocycles. The summed E-state index contributed by atoms with van der Waals surface area (Å²) in [5.41, 5.74) is 8.82. The van der Waals surface area contributed by atoms with Crippen molar-refractivity contribution < 1.29 is 9.59 Å². The third kappa shape index (κ3) is 3.25. The highest BCUT2D eigenvalue weighted by Crippen LogP contribution is 2.23. The molecule has 0 bridgehead atoms. The molecule has 0 atom stereocenters. The summed E-state index contributed by atoms with van der Waals surface area (Å²) in [7, 11) is 0. The number of hydrogen-bond donors (Lipinski definition) is 2. The fourth-order valence-corrected chi connectivity index (χ4v) is 2.97. The maximum absolute atomic E-state index is 12.6. The molecule has 2 aromatic rings. The molecule has 0 spiro atoms. The van der Waals surface area contributed by atoms with Crippen molar-refractivity contribution in [1.82, 2.24) is 4.90 Å². The van der Waals surface area contributed by atoms with Gasteiger partial charge in [-0.2, -0.15) is 0 Å². The quantitative estimate of drug-likeness (QED) is 0.852. The molecular weight excluding hydrogens is 302 g/mol. The van der Waals surface area contributed by atoms with Crippen molar-refractivity contribution in [3.8, 4) is 0 Å². The number of hydrogen-bond acceptors (Lipinski definition) is 3. The number of nitrogens with zero attached hydrogens (tertiary/aromatic N) is 1. The molecule has 1 heterocycles. The number of nitrogens with one attached hydrogen (secondary N) is 1. The van der Waals surface area contributed by atoms with Crippen LogP contribution in [0.15, 0.2) is 42.5 Å². The molecule has 0 saturated carbocycles. The van der Waals surface area contributed by atoms with E-state index >= 15 is 0 Å². The van der Waals surface area contributed by atoms with E-state index in [0.29, 0.717) is 22.5 Å². The van der Waals surface area contributed by atoms with Crippen molar-refractivity contribution in [3.63, 3.8) is 0 Å². The van der Waals surface area contributed by atoms with Gasteiger partial charge in [0.25, 0.3) is 11.8 Å². The maximum Gasteiger partial charge on any atom is 0.255 e. The molecule has 5 nitrogen and oxygen atoms in total. The zero-order chi connectivity index (χ0) is 17.1. The molecule has 2 aromatic carbocycles. The largest absolute Gasteiger partial charge is 0.399 e. The third-order valence-electron chi connectivity index (χ3n) is 4.35. The molecule has 3 N–H and O–H groups in total. The van der Waals surface area contributed by atoms with Crippen LogP contribution in [-0.2, 0) is 0 Å². The minimum absolute atomic E-state index is 0.0325. The minimum atomic E-state index is -0.240. The molecule has 1 fully saturated rings. The lowest BCUT2D eigenvalue weighted by atomic mass is 10.0. The van der Waals surface area contributed by atoms with E-state index in [4.69, 9.17) is 5.73 Å². The normalized spacial score (nSPS) is 13.8. The van der Waals surface area contributed by atoms with Crippen molar-refractivity contribution in [1.29, 1.82) is 0 Å². The van der Waals surface area contributed by atoms with Gasteiger partial charge in [-0.25, -0.2) is 0 Å². The van der Waals surface area contributed by atoms with Gasteiger partial charge in [0.15, 0.2) is 0 Å². The average molecular weight is 323 g/mol. The Morgan fingerprint density at radius 2 is 1.79 bits per heavy atom. The van der Waals surface area contributed by atoms with Crippen LogP contribution in [0, 0.1) is 6.92 Å². The molecule has 2 amide bonds. The molecule has 1 saturated heterocycles. The van der Waals surface area contributed by atoms with Crippen LogP contribution in [0.2, 0.25) is 0 Å². The number of carbonyl (C=O) groups excluding carboxylic acids is 2. The molecule has 0 radical (unpaired) electrons. The lowest BCUT2D eigenvalue weighted by Crippen LogP contribution is -2.28. The third-order valence-corrected chi connectivity index (χ3v) is 4.35. The summed E-state index contributed by atoms with van der Waals surface area (Å²) in [5.74, 6) is -0.207. The van der Waals surface area contributed by atoms with E-state index in [1.54, 1.807) is 36.4 Å². The lowest BCUT2D eigenvalue weighted by molar-refractivity contribution is 0.0791. The summed E-state index contributed by atoms with van der Waals surface area (Å²) in [6, 6.07) is 12.2. The van der Waals surface area contributed by atoms with Gasteiger partial charge in [-0.15, -0.1) is 0 Å². The molecular formula is C19H21N3O2. The molecule has 0 aliphatic carbocycles. The fraction of sp³-hybridized carbons (Fsp3) is 0.263. The van der Waals surface area contributed by atoms with Crippen molar-refractivity contribution in [2.75, 3.05) is 24.1 Å². The first kappa shape index (κ1) is 16.1. The summed E-state index contributed by atoms with van der Waals surface area (Å²) >= 11 is 0.